The molecule has 4 rings (SSSR count). The van der Waals surface area contributed by atoms with E-state index in [9.17, 15) is 4.79 Å². The third-order valence-corrected chi connectivity index (χ3v) is 5.51. The van der Waals surface area contributed by atoms with E-state index in [0.29, 0.717) is 11.6 Å². The van der Waals surface area contributed by atoms with E-state index in [0.717, 1.165) is 26.9 Å². The SMILES string of the molecule is CC(C)N(CC(N)=O)c1nc(-c2cccnc2)nc2scc(-c3ccccc3)c12. The topological polar surface area (TPSA) is 85.0 Å². The Balaban J connectivity index is 2.00. The third-order valence-electron chi connectivity index (χ3n) is 4.64. The fourth-order valence-electron chi connectivity index (χ4n) is 3.26. The molecule has 0 bridgehead atoms. The van der Waals surface area contributed by atoms with Crippen LogP contribution < -0.4 is 10.6 Å². The summed E-state index contributed by atoms with van der Waals surface area (Å²) in [6, 6.07) is 13.9. The number of carbonyl (C=O) groups is 1. The maximum absolute atomic E-state index is 11.8. The number of carbonyl (C=O) groups excluding carboxylic acids is 1. The van der Waals surface area contributed by atoms with E-state index < -0.39 is 5.91 Å². The zero-order valence-electron chi connectivity index (χ0n) is 16.2. The first-order valence-electron chi connectivity index (χ1n) is 9.34. The second kappa shape index (κ2) is 7.97. The number of aromatic nitrogens is 3. The molecule has 0 unspecified atom stereocenters. The van der Waals surface area contributed by atoms with Crippen LogP contribution in [0.1, 0.15) is 13.8 Å². The summed E-state index contributed by atoms with van der Waals surface area (Å²) in [5, 5.41) is 3.03. The summed E-state index contributed by atoms with van der Waals surface area (Å²) in [5.74, 6) is 0.893. The molecule has 4 aromatic rings. The van der Waals surface area contributed by atoms with Gasteiger partial charge in [0.15, 0.2) is 5.82 Å². The fraction of sp³-hybridized carbons (Fsp3) is 0.182. The number of primary amides is 1. The minimum atomic E-state index is -0.398. The first kappa shape index (κ1) is 19.0. The highest BCUT2D eigenvalue weighted by molar-refractivity contribution is 7.17. The molecule has 0 radical (unpaired) electrons. The number of fused-ring (bicyclic) bond motifs is 1. The summed E-state index contributed by atoms with van der Waals surface area (Å²) >= 11 is 1.57. The predicted molar refractivity (Wildman–Crippen MR) is 118 cm³/mol. The van der Waals surface area contributed by atoms with Crippen molar-refractivity contribution >= 4 is 33.3 Å². The summed E-state index contributed by atoms with van der Waals surface area (Å²) in [6.45, 7) is 4.13. The van der Waals surface area contributed by atoms with Crippen molar-refractivity contribution in [2.75, 3.05) is 11.4 Å². The number of anilines is 1. The van der Waals surface area contributed by atoms with Gasteiger partial charge in [0.2, 0.25) is 5.91 Å². The lowest BCUT2D eigenvalue weighted by molar-refractivity contribution is -0.116. The van der Waals surface area contributed by atoms with Crippen LogP contribution in [0.5, 0.6) is 0 Å². The molecule has 2 N–H and O–H groups in total. The van der Waals surface area contributed by atoms with E-state index in [4.69, 9.17) is 15.7 Å². The van der Waals surface area contributed by atoms with E-state index in [1.54, 1.807) is 23.7 Å². The molecule has 1 aromatic carbocycles. The molecule has 29 heavy (non-hydrogen) atoms. The van der Waals surface area contributed by atoms with Crippen LogP contribution in [0.3, 0.4) is 0 Å². The highest BCUT2D eigenvalue weighted by Gasteiger charge is 2.23. The van der Waals surface area contributed by atoms with Crippen LogP contribution in [0, 0.1) is 0 Å². The van der Waals surface area contributed by atoms with Gasteiger partial charge in [0, 0.05) is 34.9 Å². The van der Waals surface area contributed by atoms with Crippen molar-refractivity contribution in [3.05, 3.63) is 60.2 Å². The second-order valence-corrected chi connectivity index (χ2v) is 7.85. The summed E-state index contributed by atoms with van der Waals surface area (Å²) in [5.41, 5.74) is 8.52. The van der Waals surface area contributed by atoms with Crippen molar-refractivity contribution < 1.29 is 4.79 Å². The average Bonchev–Trinajstić information content (AvgIpc) is 3.16. The smallest absolute Gasteiger partial charge is 0.237 e. The fourth-order valence-corrected chi connectivity index (χ4v) is 4.20. The molecule has 0 aliphatic heterocycles. The standard InChI is InChI=1S/C22H21N5OS/c1-14(2)27(12-18(23)28)21-19-17(15-7-4-3-5-8-15)13-29-22(19)26-20(25-21)16-9-6-10-24-11-16/h3-11,13-14H,12H2,1-2H3,(H2,23,28). The summed E-state index contributed by atoms with van der Waals surface area (Å²) in [6.07, 6.45) is 3.46. The molecule has 3 aromatic heterocycles. The maximum Gasteiger partial charge on any atom is 0.237 e. The molecule has 146 valence electrons. The van der Waals surface area contributed by atoms with Gasteiger partial charge in [-0.3, -0.25) is 9.78 Å². The largest absolute Gasteiger partial charge is 0.368 e. The van der Waals surface area contributed by atoms with Gasteiger partial charge in [-0.2, -0.15) is 0 Å². The maximum atomic E-state index is 11.8. The van der Waals surface area contributed by atoms with Crippen LogP contribution in [0.4, 0.5) is 5.82 Å². The first-order chi connectivity index (χ1) is 14.0. The first-order valence-corrected chi connectivity index (χ1v) is 10.2. The Hall–Kier alpha value is -3.32. The van der Waals surface area contributed by atoms with Crippen molar-refractivity contribution in [1.82, 2.24) is 15.0 Å². The number of amides is 1. The third kappa shape index (κ3) is 3.82. The molecule has 0 atom stereocenters. The number of nitrogens with zero attached hydrogens (tertiary/aromatic N) is 4. The van der Waals surface area contributed by atoms with Gasteiger partial charge in [0.25, 0.3) is 0 Å². The number of hydrogen-bond acceptors (Lipinski definition) is 6. The van der Waals surface area contributed by atoms with E-state index in [-0.39, 0.29) is 12.6 Å². The van der Waals surface area contributed by atoms with Crippen LogP contribution >= 0.6 is 11.3 Å². The van der Waals surface area contributed by atoms with Gasteiger partial charge >= 0.3 is 0 Å². The Labute approximate surface area is 173 Å². The van der Waals surface area contributed by atoms with Crippen LogP contribution in [-0.4, -0.2) is 33.4 Å². The van der Waals surface area contributed by atoms with Gasteiger partial charge in [-0.25, -0.2) is 9.97 Å². The van der Waals surface area contributed by atoms with Gasteiger partial charge in [0.05, 0.1) is 11.9 Å². The van der Waals surface area contributed by atoms with Gasteiger partial charge in [-0.1, -0.05) is 30.3 Å². The van der Waals surface area contributed by atoms with Gasteiger partial charge < -0.3 is 10.6 Å². The van der Waals surface area contributed by atoms with Crippen LogP contribution in [-0.2, 0) is 4.79 Å². The monoisotopic (exact) mass is 403 g/mol. The van der Waals surface area contributed by atoms with E-state index >= 15 is 0 Å². The quantitative estimate of drug-likeness (QED) is 0.523. The lowest BCUT2D eigenvalue weighted by atomic mass is 10.1. The molecule has 3 heterocycles. The number of rotatable bonds is 6. The number of nitrogens with two attached hydrogens (primary N) is 1. The Kier molecular flexibility index (Phi) is 5.22. The number of hydrogen-bond donors (Lipinski definition) is 1. The van der Waals surface area contributed by atoms with Gasteiger partial charge in [-0.15, -0.1) is 11.3 Å². The Bertz CT molecular complexity index is 1140. The molecular formula is C22H21N5OS. The lowest BCUT2D eigenvalue weighted by Crippen LogP contribution is -2.39. The molecule has 0 saturated heterocycles. The van der Waals surface area contributed by atoms with E-state index in [1.807, 2.05) is 49.1 Å². The molecular weight excluding hydrogens is 382 g/mol. The van der Waals surface area contributed by atoms with E-state index in [2.05, 4.69) is 22.5 Å². The minimum Gasteiger partial charge on any atom is -0.368 e. The van der Waals surface area contributed by atoms with Crippen molar-refractivity contribution in [2.45, 2.75) is 19.9 Å². The molecule has 6 nitrogen and oxygen atoms in total. The lowest BCUT2D eigenvalue weighted by Gasteiger charge is -2.27. The van der Waals surface area contributed by atoms with Crippen molar-refractivity contribution in [3.8, 4) is 22.5 Å². The summed E-state index contributed by atoms with van der Waals surface area (Å²) in [7, 11) is 0. The zero-order valence-corrected chi connectivity index (χ0v) is 17.1. The van der Waals surface area contributed by atoms with Crippen molar-refractivity contribution in [3.63, 3.8) is 0 Å². The van der Waals surface area contributed by atoms with Gasteiger partial charge in [0.1, 0.15) is 10.6 Å². The molecule has 0 spiro atoms. The van der Waals surface area contributed by atoms with Crippen LogP contribution in [0.2, 0.25) is 0 Å². The Morgan fingerprint density at radius 3 is 2.52 bits per heavy atom. The minimum absolute atomic E-state index is 0.0332. The number of benzene rings is 1. The molecule has 1 amide bonds. The molecule has 0 fully saturated rings. The number of thiophene rings is 1. The zero-order chi connectivity index (χ0) is 20.4. The molecule has 0 saturated carbocycles. The predicted octanol–water partition coefficient (Wildman–Crippen LogP) is 4.12. The molecule has 7 heteroatoms. The highest BCUT2D eigenvalue weighted by atomic mass is 32.1. The summed E-state index contributed by atoms with van der Waals surface area (Å²) < 4.78 is 0. The number of pyridine rings is 1. The Morgan fingerprint density at radius 1 is 1.10 bits per heavy atom. The van der Waals surface area contributed by atoms with E-state index in [1.165, 1.54) is 0 Å². The molecule has 0 aliphatic carbocycles. The normalized spacial score (nSPS) is 11.1. The summed E-state index contributed by atoms with van der Waals surface area (Å²) in [4.78, 5) is 28.5. The highest BCUT2D eigenvalue weighted by Crippen LogP contribution is 2.39. The second-order valence-electron chi connectivity index (χ2n) is 7.00. The Morgan fingerprint density at radius 2 is 1.86 bits per heavy atom. The molecule has 0 aliphatic rings. The van der Waals surface area contributed by atoms with Gasteiger partial charge in [-0.05, 0) is 31.5 Å². The van der Waals surface area contributed by atoms with Crippen molar-refractivity contribution in [2.24, 2.45) is 5.73 Å². The van der Waals surface area contributed by atoms with Crippen molar-refractivity contribution in [1.29, 1.82) is 0 Å². The average molecular weight is 404 g/mol. The van der Waals surface area contributed by atoms with Crippen LogP contribution in [0.25, 0.3) is 32.7 Å². The van der Waals surface area contributed by atoms with Crippen LogP contribution in [0.15, 0.2) is 60.2 Å².